The minimum atomic E-state index is -4.50. The molecule has 0 bridgehead atoms. The van der Waals surface area contributed by atoms with E-state index in [-0.39, 0.29) is 19.4 Å². The molecule has 0 aromatic heterocycles. The van der Waals surface area contributed by atoms with Crippen LogP contribution in [0.15, 0.2) is 0 Å². The number of aliphatic carboxylic acids is 1. The summed E-state index contributed by atoms with van der Waals surface area (Å²) in [6, 6.07) is -0.960. The average molecular weight is 310 g/mol. The highest BCUT2D eigenvalue weighted by Crippen LogP contribution is 2.29. The van der Waals surface area contributed by atoms with E-state index in [1.807, 2.05) is 0 Å². The molecule has 0 atom stereocenters. The zero-order valence-electron chi connectivity index (χ0n) is 12.0. The van der Waals surface area contributed by atoms with Crippen LogP contribution in [0.5, 0.6) is 0 Å². The number of halogens is 3. The quantitative estimate of drug-likeness (QED) is 0.820. The second-order valence-corrected chi connectivity index (χ2v) is 5.41. The Kier molecular flexibility index (Phi) is 5.86. The van der Waals surface area contributed by atoms with E-state index in [1.165, 1.54) is 0 Å². The maximum absolute atomic E-state index is 12.5. The lowest BCUT2D eigenvalue weighted by molar-refractivity contribution is -0.146. The van der Waals surface area contributed by atoms with Crippen LogP contribution >= 0.6 is 0 Å². The van der Waals surface area contributed by atoms with Crippen molar-refractivity contribution in [1.82, 2.24) is 10.2 Å². The topological polar surface area (TPSA) is 69.6 Å². The Morgan fingerprint density at radius 3 is 2.24 bits per heavy atom. The Balaban J connectivity index is 2.80. The van der Waals surface area contributed by atoms with Gasteiger partial charge in [-0.15, -0.1) is 0 Å². The number of carbonyl (C=O) groups excluding carboxylic acids is 1. The first-order valence-corrected chi connectivity index (χ1v) is 7.07. The Labute approximate surface area is 121 Å². The van der Waals surface area contributed by atoms with Crippen LogP contribution in [0.2, 0.25) is 0 Å². The summed E-state index contributed by atoms with van der Waals surface area (Å²) in [5.74, 6) is -1.18. The minimum Gasteiger partial charge on any atom is -0.480 e. The smallest absolute Gasteiger partial charge is 0.406 e. The van der Waals surface area contributed by atoms with Crippen molar-refractivity contribution >= 4 is 12.0 Å². The van der Waals surface area contributed by atoms with Gasteiger partial charge in [-0.05, 0) is 19.3 Å². The van der Waals surface area contributed by atoms with Crippen LogP contribution in [0.1, 0.15) is 45.4 Å². The van der Waals surface area contributed by atoms with Gasteiger partial charge in [-0.25, -0.2) is 9.59 Å². The van der Waals surface area contributed by atoms with Crippen LogP contribution in [-0.4, -0.2) is 46.8 Å². The van der Waals surface area contributed by atoms with Gasteiger partial charge in [0.05, 0.1) is 0 Å². The highest BCUT2D eigenvalue weighted by Gasteiger charge is 2.43. The Morgan fingerprint density at radius 1 is 1.24 bits per heavy atom. The number of nitrogens with one attached hydrogen (secondary N) is 1. The Morgan fingerprint density at radius 2 is 1.81 bits per heavy atom. The Hall–Kier alpha value is -1.47. The molecule has 1 saturated carbocycles. The molecule has 2 amide bonds. The van der Waals surface area contributed by atoms with Gasteiger partial charge in [-0.1, -0.05) is 26.2 Å². The van der Waals surface area contributed by atoms with E-state index in [1.54, 1.807) is 6.92 Å². The molecule has 0 aliphatic heterocycles. The molecule has 1 fully saturated rings. The lowest BCUT2D eigenvalue weighted by atomic mass is 9.82. The van der Waals surface area contributed by atoms with Crippen LogP contribution in [0.3, 0.4) is 0 Å². The van der Waals surface area contributed by atoms with Crippen LogP contribution in [0.4, 0.5) is 18.0 Å². The Bertz CT molecular complexity index is 379. The standard InChI is InChI=1S/C13H21F3N2O3/c1-2-8-18(9-13(14,15)16)11(21)17-12(10(19)20)6-4-3-5-7-12/h2-9H2,1H3,(H,17,21)(H,19,20). The number of hydrogen-bond donors (Lipinski definition) is 2. The van der Waals surface area contributed by atoms with Gasteiger partial charge in [-0.2, -0.15) is 13.2 Å². The van der Waals surface area contributed by atoms with E-state index in [9.17, 15) is 27.9 Å². The first-order chi connectivity index (χ1) is 9.70. The number of nitrogens with zero attached hydrogens (tertiary/aromatic N) is 1. The van der Waals surface area contributed by atoms with Gasteiger partial charge in [-0.3, -0.25) is 0 Å². The number of rotatable bonds is 5. The summed E-state index contributed by atoms with van der Waals surface area (Å²) in [5, 5.41) is 11.7. The fourth-order valence-electron chi connectivity index (χ4n) is 2.57. The second-order valence-electron chi connectivity index (χ2n) is 5.41. The molecule has 8 heteroatoms. The zero-order valence-corrected chi connectivity index (χ0v) is 12.0. The van der Waals surface area contributed by atoms with Crippen molar-refractivity contribution in [2.45, 2.75) is 57.2 Å². The van der Waals surface area contributed by atoms with Gasteiger partial charge in [0, 0.05) is 6.54 Å². The molecule has 0 heterocycles. The lowest BCUT2D eigenvalue weighted by Gasteiger charge is -2.36. The van der Waals surface area contributed by atoms with Gasteiger partial charge < -0.3 is 15.3 Å². The van der Waals surface area contributed by atoms with Gasteiger partial charge in [0.25, 0.3) is 0 Å². The van der Waals surface area contributed by atoms with Crippen molar-refractivity contribution in [3.63, 3.8) is 0 Å². The van der Waals surface area contributed by atoms with Gasteiger partial charge >= 0.3 is 18.2 Å². The zero-order chi connectivity index (χ0) is 16.1. The molecule has 0 spiro atoms. The van der Waals surface area contributed by atoms with Crippen molar-refractivity contribution in [3.05, 3.63) is 0 Å². The number of carbonyl (C=O) groups is 2. The SMILES string of the molecule is CCCN(CC(F)(F)F)C(=O)NC1(C(=O)O)CCCCC1. The monoisotopic (exact) mass is 310 g/mol. The highest BCUT2D eigenvalue weighted by atomic mass is 19.4. The van der Waals surface area contributed by atoms with Crippen molar-refractivity contribution in [3.8, 4) is 0 Å². The van der Waals surface area contributed by atoms with Crippen molar-refractivity contribution in [2.75, 3.05) is 13.1 Å². The number of carboxylic acid groups (broad SMARTS) is 1. The van der Waals surface area contributed by atoms with Gasteiger partial charge in [0.2, 0.25) is 0 Å². The van der Waals surface area contributed by atoms with Crippen molar-refractivity contribution in [2.24, 2.45) is 0 Å². The van der Waals surface area contributed by atoms with E-state index >= 15 is 0 Å². The molecule has 0 aromatic rings. The summed E-state index contributed by atoms with van der Waals surface area (Å²) in [6.45, 7) is 0.216. The predicted octanol–water partition coefficient (Wildman–Crippen LogP) is 2.76. The average Bonchev–Trinajstić information content (AvgIpc) is 2.37. The van der Waals surface area contributed by atoms with Crippen LogP contribution in [0, 0.1) is 0 Å². The second kappa shape index (κ2) is 7.00. The molecule has 1 aliphatic carbocycles. The molecule has 122 valence electrons. The molecule has 2 N–H and O–H groups in total. The van der Waals surface area contributed by atoms with E-state index in [2.05, 4.69) is 5.32 Å². The maximum atomic E-state index is 12.5. The molecule has 0 radical (unpaired) electrons. The summed E-state index contributed by atoms with van der Waals surface area (Å²) in [7, 11) is 0. The molecule has 0 unspecified atom stereocenters. The van der Waals surface area contributed by atoms with E-state index in [0.717, 1.165) is 6.42 Å². The van der Waals surface area contributed by atoms with E-state index in [4.69, 9.17) is 0 Å². The predicted molar refractivity (Wildman–Crippen MR) is 69.9 cm³/mol. The van der Waals surface area contributed by atoms with Crippen molar-refractivity contribution < 1.29 is 27.9 Å². The third kappa shape index (κ3) is 5.09. The van der Waals surface area contributed by atoms with Crippen molar-refractivity contribution in [1.29, 1.82) is 0 Å². The first-order valence-electron chi connectivity index (χ1n) is 7.07. The minimum absolute atomic E-state index is 0.0684. The summed E-state index contributed by atoms with van der Waals surface area (Å²) in [5.41, 5.74) is -1.44. The largest absolute Gasteiger partial charge is 0.480 e. The summed E-state index contributed by atoms with van der Waals surface area (Å²) >= 11 is 0. The molecule has 5 nitrogen and oxygen atoms in total. The molecule has 1 rings (SSSR count). The van der Waals surface area contributed by atoms with E-state index in [0.29, 0.717) is 24.2 Å². The number of urea groups is 1. The number of alkyl halides is 3. The highest BCUT2D eigenvalue weighted by molar-refractivity contribution is 5.86. The third-order valence-corrected chi connectivity index (χ3v) is 3.61. The first kappa shape index (κ1) is 17.6. The van der Waals surface area contributed by atoms with Crippen LogP contribution in [-0.2, 0) is 4.79 Å². The summed E-state index contributed by atoms with van der Waals surface area (Å²) < 4.78 is 37.5. The van der Waals surface area contributed by atoms with Gasteiger partial charge in [0.15, 0.2) is 0 Å². The van der Waals surface area contributed by atoms with Crippen LogP contribution in [0.25, 0.3) is 0 Å². The normalized spacial score (nSPS) is 18.1. The molecule has 0 saturated heterocycles. The molecule has 1 aliphatic rings. The molecule has 0 aromatic carbocycles. The third-order valence-electron chi connectivity index (χ3n) is 3.61. The van der Waals surface area contributed by atoms with Crippen LogP contribution < -0.4 is 5.32 Å². The maximum Gasteiger partial charge on any atom is 0.406 e. The summed E-state index contributed by atoms with van der Waals surface area (Å²) in [6.07, 6.45) is -1.50. The number of amides is 2. The van der Waals surface area contributed by atoms with Gasteiger partial charge in [0.1, 0.15) is 12.1 Å². The number of carboxylic acids is 1. The summed E-state index contributed by atoms with van der Waals surface area (Å²) in [4.78, 5) is 24.1. The molecular formula is C13H21F3N2O3. The fraction of sp³-hybridized carbons (Fsp3) is 0.846. The number of hydrogen-bond acceptors (Lipinski definition) is 2. The van der Waals surface area contributed by atoms with E-state index < -0.39 is 30.3 Å². The molecule has 21 heavy (non-hydrogen) atoms. The fourth-order valence-corrected chi connectivity index (χ4v) is 2.57. The molecular weight excluding hydrogens is 289 g/mol. The lowest BCUT2D eigenvalue weighted by Crippen LogP contribution is -2.59.